The summed E-state index contributed by atoms with van der Waals surface area (Å²) >= 11 is 0. The average molecular weight is 524 g/mol. The van der Waals surface area contributed by atoms with Gasteiger partial charge in [-0.1, -0.05) is 48.5 Å². The Morgan fingerprint density at radius 2 is 1.87 bits per heavy atom. The number of fused-ring (bicyclic) bond motifs is 1. The number of methoxy groups -OCH3 is 1. The average Bonchev–Trinajstić information content (AvgIpc) is 3.48. The van der Waals surface area contributed by atoms with Crippen LogP contribution in [0.15, 0.2) is 96.4 Å². The molecule has 9 nitrogen and oxygen atoms in total. The van der Waals surface area contributed by atoms with E-state index in [0.29, 0.717) is 12.2 Å². The standard InChI is InChI=1S/C30H25N3O6/c1-39-21-12-13-24-23(17-21)20(18-31-24)15-16-32-28(22-9-5-6-10-25(22)33(37)38)27(29(35)30(32)36)26(34)14-11-19-7-3-2-4-8-19/h2-14,17-18,28,31,35H,15-16H2,1H3/b14-11+/t28-/m1/s1. The van der Waals surface area contributed by atoms with Gasteiger partial charge in [0.25, 0.3) is 11.6 Å². The smallest absolute Gasteiger partial charge is 0.290 e. The Labute approximate surface area is 223 Å². The van der Waals surface area contributed by atoms with E-state index >= 15 is 0 Å². The molecule has 0 radical (unpaired) electrons. The zero-order chi connectivity index (χ0) is 27.5. The molecule has 0 saturated carbocycles. The fraction of sp³-hybridized carbons (Fsp3) is 0.133. The summed E-state index contributed by atoms with van der Waals surface area (Å²) in [5, 5.41) is 23.7. The Bertz CT molecular complexity index is 1640. The number of carbonyl (C=O) groups excluding carboxylic acids is 2. The number of nitrogens with zero attached hydrogens (tertiary/aromatic N) is 2. The second-order valence-corrected chi connectivity index (χ2v) is 9.06. The van der Waals surface area contributed by atoms with Gasteiger partial charge in [0.15, 0.2) is 11.5 Å². The number of aromatic amines is 1. The summed E-state index contributed by atoms with van der Waals surface area (Å²) in [6, 6.07) is 19.5. The molecule has 2 heterocycles. The second-order valence-electron chi connectivity index (χ2n) is 9.06. The molecule has 1 aliphatic rings. The number of ether oxygens (including phenoxy) is 1. The Hall–Kier alpha value is -5.18. The van der Waals surface area contributed by atoms with Crippen LogP contribution in [-0.2, 0) is 16.0 Å². The lowest BCUT2D eigenvalue weighted by Crippen LogP contribution is -2.33. The molecule has 0 saturated heterocycles. The molecule has 0 fully saturated rings. The SMILES string of the molecule is COc1ccc2[nH]cc(CCN3C(=O)C(O)=C(C(=O)/C=C/c4ccccc4)[C@H]3c3ccccc3[N+](=O)[O-])c2c1. The number of rotatable bonds is 9. The number of hydrogen-bond acceptors (Lipinski definition) is 6. The van der Waals surface area contributed by atoms with Crippen molar-refractivity contribution in [1.29, 1.82) is 0 Å². The Morgan fingerprint density at radius 3 is 2.62 bits per heavy atom. The van der Waals surface area contributed by atoms with Crippen molar-refractivity contribution in [3.63, 3.8) is 0 Å². The van der Waals surface area contributed by atoms with Gasteiger partial charge in [0.1, 0.15) is 5.75 Å². The maximum atomic E-state index is 13.4. The van der Waals surface area contributed by atoms with E-state index < -0.39 is 28.4 Å². The van der Waals surface area contributed by atoms with E-state index in [9.17, 15) is 24.8 Å². The van der Waals surface area contributed by atoms with E-state index in [1.807, 2.05) is 42.6 Å². The van der Waals surface area contributed by atoms with Crippen molar-refractivity contribution in [1.82, 2.24) is 9.88 Å². The van der Waals surface area contributed by atoms with Gasteiger partial charge in [0.2, 0.25) is 0 Å². The number of hydrogen-bond donors (Lipinski definition) is 2. The van der Waals surface area contributed by atoms with Gasteiger partial charge in [0.05, 0.1) is 29.2 Å². The summed E-state index contributed by atoms with van der Waals surface area (Å²) in [5.74, 6) is -1.39. The summed E-state index contributed by atoms with van der Waals surface area (Å²) in [5.41, 5.74) is 2.24. The lowest BCUT2D eigenvalue weighted by molar-refractivity contribution is -0.385. The molecule has 1 aliphatic heterocycles. The van der Waals surface area contributed by atoms with Crippen LogP contribution < -0.4 is 4.74 Å². The van der Waals surface area contributed by atoms with Crippen molar-refractivity contribution in [3.8, 4) is 5.75 Å². The topological polar surface area (TPSA) is 126 Å². The first kappa shape index (κ1) is 25.5. The molecule has 1 amide bonds. The van der Waals surface area contributed by atoms with Crippen LogP contribution in [0.3, 0.4) is 0 Å². The van der Waals surface area contributed by atoms with Crippen molar-refractivity contribution in [2.24, 2.45) is 0 Å². The number of benzene rings is 3. The number of nitro benzene ring substituents is 1. The molecule has 3 aromatic carbocycles. The van der Waals surface area contributed by atoms with Gasteiger partial charge >= 0.3 is 0 Å². The third-order valence-corrected chi connectivity index (χ3v) is 6.82. The molecule has 4 aromatic rings. The van der Waals surface area contributed by atoms with E-state index in [1.54, 1.807) is 31.4 Å². The molecule has 0 bridgehead atoms. The molecule has 1 atom stereocenters. The number of carbonyl (C=O) groups is 2. The number of para-hydroxylation sites is 1. The summed E-state index contributed by atoms with van der Waals surface area (Å²) in [7, 11) is 1.58. The van der Waals surface area contributed by atoms with E-state index in [0.717, 1.165) is 22.0 Å². The zero-order valence-corrected chi connectivity index (χ0v) is 21.0. The van der Waals surface area contributed by atoms with Gasteiger partial charge in [-0.15, -0.1) is 0 Å². The summed E-state index contributed by atoms with van der Waals surface area (Å²) < 4.78 is 5.34. The lowest BCUT2D eigenvalue weighted by atomic mass is 9.94. The highest BCUT2D eigenvalue weighted by atomic mass is 16.6. The number of aromatic nitrogens is 1. The second kappa shape index (κ2) is 10.7. The molecule has 2 N–H and O–H groups in total. The van der Waals surface area contributed by atoms with Crippen molar-refractivity contribution in [3.05, 3.63) is 123 Å². The molecule has 1 aromatic heterocycles. The van der Waals surface area contributed by atoms with E-state index in [4.69, 9.17) is 4.74 Å². The maximum Gasteiger partial charge on any atom is 0.290 e. The van der Waals surface area contributed by atoms with Crippen LogP contribution in [0, 0.1) is 10.1 Å². The minimum Gasteiger partial charge on any atom is -0.503 e. The highest BCUT2D eigenvalue weighted by Crippen LogP contribution is 2.41. The predicted octanol–water partition coefficient (Wildman–Crippen LogP) is 5.31. The number of allylic oxidation sites excluding steroid dienone is 1. The van der Waals surface area contributed by atoms with Crippen LogP contribution in [0.4, 0.5) is 5.69 Å². The summed E-state index contributed by atoms with van der Waals surface area (Å²) in [4.78, 5) is 42.6. The highest BCUT2D eigenvalue weighted by molar-refractivity contribution is 6.14. The Morgan fingerprint density at radius 1 is 1.13 bits per heavy atom. The first-order chi connectivity index (χ1) is 18.9. The predicted molar refractivity (Wildman–Crippen MR) is 146 cm³/mol. The van der Waals surface area contributed by atoms with Crippen molar-refractivity contribution in [2.45, 2.75) is 12.5 Å². The van der Waals surface area contributed by atoms with Crippen LogP contribution >= 0.6 is 0 Å². The molecular weight excluding hydrogens is 498 g/mol. The quantitative estimate of drug-likeness (QED) is 0.174. The molecule has 5 rings (SSSR count). The van der Waals surface area contributed by atoms with Crippen LogP contribution in [-0.4, -0.2) is 45.3 Å². The normalized spacial score (nSPS) is 15.5. The first-order valence-corrected chi connectivity index (χ1v) is 12.3. The Balaban J connectivity index is 1.52. The van der Waals surface area contributed by atoms with Crippen molar-refractivity contribution >= 4 is 34.4 Å². The number of H-pyrrole nitrogens is 1. The van der Waals surface area contributed by atoms with E-state index in [1.165, 1.54) is 29.2 Å². The monoisotopic (exact) mass is 523 g/mol. The third-order valence-electron chi connectivity index (χ3n) is 6.82. The molecule has 9 heteroatoms. The van der Waals surface area contributed by atoms with Crippen molar-refractivity contribution < 1.29 is 24.4 Å². The number of nitro groups is 1. The maximum absolute atomic E-state index is 13.4. The largest absolute Gasteiger partial charge is 0.503 e. The van der Waals surface area contributed by atoms with E-state index in [2.05, 4.69) is 4.98 Å². The highest BCUT2D eigenvalue weighted by Gasteiger charge is 2.45. The van der Waals surface area contributed by atoms with Crippen LogP contribution in [0.2, 0.25) is 0 Å². The number of ketones is 1. The fourth-order valence-corrected chi connectivity index (χ4v) is 4.90. The number of nitrogens with one attached hydrogen (secondary N) is 1. The van der Waals surface area contributed by atoms with Gasteiger partial charge in [0, 0.05) is 29.7 Å². The summed E-state index contributed by atoms with van der Waals surface area (Å²) in [6.07, 6.45) is 5.04. The van der Waals surface area contributed by atoms with Crippen LogP contribution in [0.5, 0.6) is 5.75 Å². The minimum atomic E-state index is -1.13. The van der Waals surface area contributed by atoms with Crippen molar-refractivity contribution in [2.75, 3.05) is 13.7 Å². The van der Waals surface area contributed by atoms with Gasteiger partial charge < -0.3 is 19.7 Å². The number of aliphatic hydroxyl groups is 1. The van der Waals surface area contributed by atoms with Crippen LogP contribution in [0.1, 0.15) is 22.7 Å². The molecule has 39 heavy (non-hydrogen) atoms. The lowest BCUT2D eigenvalue weighted by Gasteiger charge is -2.26. The minimum absolute atomic E-state index is 0.100. The molecule has 0 aliphatic carbocycles. The van der Waals surface area contributed by atoms with Gasteiger partial charge in [-0.25, -0.2) is 0 Å². The van der Waals surface area contributed by atoms with Gasteiger partial charge in [-0.2, -0.15) is 0 Å². The van der Waals surface area contributed by atoms with Gasteiger partial charge in [-0.05, 0) is 47.9 Å². The summed E-state index contributed by atoms with van der Waals surface area (Å²) in [6.45, 7) is 0.100. The third kappa shape index (κ3) is 4.89. The molecule has 0 unspecified atom stereocenters. The first-order valence-electron chi connectivity index (χ1n) is 12.3. The van der Waals surface area contributed by atoms with Crippen LogP contribution in [0.25, 0.3) is 17.0 Å². The van der Waals surface area contributed by atoms with Gasteiger partial charge in [-0.3, -0.25) is 19.7 Å². The van der Waals surface area contributed by atoms with E-state index in [-0.39, 0.29) is 23.4 Å². The molecule has 0 spiro atoms. The Kier molecular flexibility index (Phi) is 6.96. The number of aliphatic hydroxyl groups excluding tert-OH is 1. The number of amides is 1. The molecule has 196 valence electrons. The zero-order valence-electron chi connectivity index (χ0n) is 21.0. The fourth-order valence-electron chi connectivity index (χ4n) is 4.90. The molecular formula is C30H25N3O6.